The van der Waals surface area contributed by atoms with Gasteiger partial charge in [0.15, 0.2) is 5.13 Å². The lowest BCUT2D eigenvalue weighted by Gasteiger charge is -2.19. The number of nitrogens with one attached hydrogen (secondary N) is 1. The maximum Gasteiger partial charge on any atom is 0.257 e. The first-order valence-corrected chi connectivity index (χ1v) is 10.2. The second-order valence-electron chi connectivity index (χ2n) is 5.58. The molecule has 0 atom stereocenters. The normalized spacial score (nSPS) is 10.6. The molecular weight excluding hydrogens is 380 g/mol. The van der Waals surface area contributed by atoms with Crippen LogP contribution in [-0.2, 0) is 0 Å². The molecule has 1 amide bonds. The number of pyridine rings is 1. The van der Waals surface area contributed by atoms with Gasteiger partial charge in [0, 0.05) is 24.2 Å². The van der Waals surface area contributed by atoms with Crippen LogP contribution in [0.4, 0.5) is 10.9 Å². The number of thiazole rings is 1. The molecule has 2 N–H and O–H groups in total. The number of phenols is 1. The number of hydrogen-bond acceptors (Lipinski definition) is 7. The first-order chi connectivity index (χ1) is 13.1. The summed E-state index contributed by atoms with van der Waals surface area (Å²) in [5.41, 5.74) is 0.319. The van der Waals surface area contributed by atoms with Gasteiger partial charge in [-0.25, -0.2) is 9.97 Å². The Balaban J connectivity index is 1.74. The van der Waals surface area contributed by atoms with Crippen LogP contribution in [-0.4, -0.2) is 39.0 Å². The van der Waals surface area contributed by atoms with Gasteiger partial charge in [-0.05, 0) is 44.2 Å². The SMILES string of the molecule is CCN(CC)C(=O)c1cc(Sc2cnc(Nc3ccccn3)s2)ccc1O. The summed E-state index contributed by atoms with van der Waals surface area (Å²) in [6.07, 6.45) is 3.50. The second-order valence-corrected chi connectivity index (χ2v) is 7.99. The highest BCUT2D eigenvalue weighted by atomic mass is 32.2. The molecule has 0 fully saturated rings. The maximum absolute atomic E-state index is 12.6. The highest BCUT2D eigenvalue weighted by molar-refractivity contribution is 8.01. The van der Waals surface area contributed by atoms with Gasteiger partial charge in [0.1, 0.15) is 11.6 Å². The Morgan fingerprint density at radius 1 is 1.22 bits per heavy atom. The molecule has 3 aromatic rings. The summed E-state index contributed by atoms with van der Waals surface area (Å²) in [4.78, 5) is 23.7. The number of carbonyl (C=O) groups is 1. The van der Waals surface area contributed by atoms with Crippen LogP contribution in [0, 0.1) is 0 Å². The highest BCUT2D eigenvalue weighted by Crippen LogP contribution is 2.36. The van der Waals surface area contributed by atoms with Gasteiger partial charge in [-0.3, -0.25) is 4.79 Å². The average molecular weight is 401 g/mol. The Morgan fingerprint density at radius 2 is 2.04 bits per heavy atom. The van der Waals surface area contributed by atoms with Gasteiger partial charge in [-0.2, -0.15) is 0 Å². The van der Waals surface area contributed by atoms with Crippen LogP contribution < -0.4 is 5.32 Å². The van der Waals surface area contributed by atoms with Crippen molar-refractivity contribution in [1.82, 2.24) is 14.9 Å². The van der Waals surface area contributed by atoms with E-state index in [4.69, 9.17) is 0 Å². The Hall–Kier alpha value is -2.58. The zero-order valence-electron chi connectivity index (χ0n) is 15.0. The number of hydrogen-bond donors (Lipinski definition) is 2. The largest absolute Gasteiger partial charge is 0.507 e. The van der Waals surface area contributed by atoms with Crippen molar-refractivity contribution in [1.29, 1.82) is 0 Å². The summed E-state index contributed by atoms with van der Waals surface area (Å²) in [6.45, 7) is 5.04. The first-order valence-electron chi connectivity index (χ1n) is 8.54. The third-order valence-corrected chi connectivity index (χ3v) is 5.86. The molecule has 8 heteroatoms. The smallest absolute Gasteiger partial charge is 0.257 e. The molecule has 0 aliphatic rings. The molecular formula is C19H20N4O2S2. The van der Waals surface area contributed by atoms with Gasteiger partial charge in [-0.15, -0.1) is 0 Å². The van der Waals surface area contributed by atoms with Gasteiger partial charge in [-0.1, -0.05) is 29.2 Å². The summed E-state index contributed by atoms with van der Waals surface area (Å²) in [6, 6.07) is 10.7. The standard InChI is InChI=1S/C19H20N4O2S2/c1-3-23(4-2)18(25)14-11-13(8-9-15(14)24)26-17-12-21-19(27-17)22-16-7-5-6-10-20-16/h5-12,24H,3-4H2,1-2H3,(H,20,21,22). The Labute approximate surface area is 166 Å². The minimum Gasteiger partial charge on any atom is -0.507 e. The Kier molecular flexibility index (Phi) is 6.31. The monoisotopic (exact) mass is 400 g/mol. The fourth-order valence-electron chi connectivity index (χ4n) is 2.46. The van der Waals surface area contributed by atoms with Gasteiger partial charge >= 0.3 is 0 Å². The minimum absolute atomic E-state index is 0.00179. The van der Waals surface area contributed by atoms with Crippen molar-refractivity contribution in [2.75, 3.05) is 18.4 Å². The average Bonchev–Trinajstić information content (AvgIpc) is 3.11. The van der Waals surface area contributed by atoms with E-state index in [1.807, 2.05) is 32.0 Å². The van der Waals surface area contributed by atoms with Crippen LogP contribution in [0.1, 0.15) is 24.2 Å². The van der Waals surface area contributed by atoms with Crippen LogP contribution in [0.15, 0.2) is 57.9 Å². The summed E-state index contributed by atoms with van der Waals surface area (Å²) in [5, 5.41) is 14.0. The number of nitrogens with zero attached hydrogens (tertiary/aromatic N) is 3. The molecule has 0 radical (unpaired) electrons. The minimum atomic E-state index is -0.165. The van der Waals surface area contributed by atoms with Gasteiger partial charge in [0.2, 0.25) is 0 Å². The fraction of sp³-hybridized carbons (Fsp3) is 0.211. The van der Waals surface area contributed by atoms with Crippen molar-refractivity contribution >= 4 is 40.0 Å². The number of aromatic nitrogens is 2. The molecule has 0 aliphatic heterocycles. The molecule has 0 saturated heterocycles. The third-order valence-electron chi connectivity index (χ3n) is 3.85. The van der Waals surface area contributed by atoms with Gasteiger partial charge in [0.05, 0.1) is 16.0 Å². The zero-order valence-corrected chi connectivity index (χ0v) is 16.7. The van der Waals surface area contributed by atoms with E-state index in [0.717, 1.165) is 20.1 Å². The van der Waals surface area contributed by atoms with Gasteiger partial charge in [0.25, 0.3) is 5.91 Å². The lowest BCUT2D eigenvalue weighted by molar-refractivity contribution is 0.0769. The van der Waals surface area contributed by atoms with E-state index in [2.05, 4.69) is 15.3 Å². The first kappa shape index (κ1) is 19.2. The number of amides is 1. The predicted molar refractivity (Wildman–Crippen MR) is 109 cm³/mol. The van der Waals surface area contributed by atoms with Crippen LogP contribution >= 0.6 is 23.1 Å². The van der Waals surface area contributed by atoms with E-state index in [9.17, 15) is 9.90 Å². The topological polar surface area (TPSA) is 78.4 Å². The van der Waals surface area contributed by atoms with Crippen molar-refractivity contribution in [3.05, 3.63) is 54.4 Å². The molecule has 2 aromatic heterocycles. The van der Waals surface area contributed by atoms with E-state index in [-0.39, 0.29) is 11.7 Å². The third kappa shape index (κ3) is 4.78. The van der Waals surface area contributed by atoms with Crippen molar-refractivity contribution < 1.29 is 9.90 Å². The molecule has 1 aromatic carbocycles. The number of rotatable bonds is 7. The van der Waals surface area contributed by atoms with E-state index >= 15 is 0 Å². The number of aromatic hydroxyl groups is 1. The second kappa shape index (κ2) is 8.88. The molecule has 0 aliphatic carbocycles. The quantitative estimate of drug-likeness (QED) is 0.602. The summed E-state index contributed by atoms with van der Waals surface area (Å²) in [5.74, 6) is 0.569. The number of carbonyl (C=O) groups excluding carboxylic acids is 1. The molecule has 2 heterocycles. The van der Waals surface area contributed by atoms with E-state index in [0.29, 0.717) is 18.7 Å². The molecule has 3 rings (SSSR count). The molecule has 6 nitrogen and oxygen atoms in total. The molecule has 0 unspecified atom stereocenters. The van der Waals surface area contributed by atoms with Crippen LogP contribution in [0.2, 0.25) is 0 Å². The van der Waals surface area contributed by atoms with Crippen LogP contribution in [0.25, 0.3) is 0 Å². The maximum atomic E-state index is 12.6. The summed E-state index contributed by atoms with van der Waals surface area (Å²) in [7, 11) is 0. The summed E-state index contributed by atoms with van der Waals surface area (Å²) < 4.78 is 0.973. The molecule has 27 heavy (non-hydrogen) atoms. The number of anilines is 2. The number of phenolic OH excluding ortho intramolecular Hbond substituents is 1. The lowest BCUT2D eigenvalue weighted by atomic mass is 10.1. The molecule has 140 valence electrons. The zero-order chi connectivity index (χ0) is 19.2. The van der Waals surface area contributed by atoms with Crippen molar-refractivity contribution in [2.24, 2.45) is 0 Å². The van der Waals surface area contributed by atoms with Gasteiger partial charge < -0.3 is 15.3 Å². The Morgan fingerprint density at radius 3 is 2.74 bits per heavy atom. The highest BCUT2D eigenvalue weighted by Gasteiger charge is 2.17. The van der Waals surface area contributed by atoms with Crippen molar-refractivity contribution in [2.45, 2.75) is 23.0 Å². The lowest BCUT2D eigenvalue weighted by Crippen LogP contribution is -2.30. The Bertz CT molecular complexity index is 911. The predicted octanol–water partition coefficient (Wildman–Crippen LogP) is 4.62. The molecule has 0 saturated carbocycles. The van der Waals surface area contributed by atoms with E-state index in [1.54, 1.807) is 35.5 Å². The summed E-state index contributed by atoms with van der Waals surface area (Å²) >= 11 is 3.00. The molecule has 0 spiro atoms. The molecule has 0 bridgehead atoms. The van der Waals surface area contributed by atoms with Crippen molar-refractivity contribution in [3.8, 4) is 5.75 Å². The van der Waals surface area contributed by atoms with Crippen molar-refractivity contribution in [3.63, 3.8) is 0 Å². The van der Waals surface area contributed by atoms with Crippen LogP contribution in [0.5, 0.6) is 5.75 Å². The van der Waals surface area contributed by atoms with E-state index in [1.165, 1.54) is 23.1 Å². The fourth-order valence-corrected chi connectivity index (χ4v) is 4.36. The van der Waals surface area contributed by atoms with E-state index < -0.39 is 0 Å². The van der Waals surface area contributed by atoms with Crippen LogP contribution in [0.3, 0.4) is 0 Å². The number of benzene rings is 1.